The van der Waals surface area contributed by atoms with E-state index in [0.717, 1.165) is 5.56 Å². The highest BCUT2D eigenvalue weighted by Gasteiger charge is 2.22. The largest absolute Gasteiger partial charge is 0.495 e. The summed E-state index contributed by atoms with van der Waals surface area (Å²) in [7, 11) is -2.14. The van der Waals surface area contributed by atoms with Crippen LogP contribution in [0.15, 0.2) is 77.8 Å². The Morgan fingerprint density at radius 3 is 2.61 bits per heavy atom. The molecule has 8 heteroatoms. The molecule has 0 unspecified atom stereocenters. The second-order valence-corrected chi connectivity index (χ2v) is 10.2. The predicted octanol–water partition coefficient (Wildman–Crippen LogP) is 5.22. The number of halogens is 1. The number of hydrogen-bond donors (Lipinski definition) is 1. The molecule has 0 aliphatic rings. The van der Waals surface area contributed by atoms with Crippen molar-refractivity contribution in [1.82, 2.24) is 4.57 Å². The second kappa shape index (κ2) is 9.29. The number of aromatic nitrogens is 1. The van der Waals surface area contributed by atoms with Gasteiger partial charge in [-0.15, -0.1) is 0 Å². The number of benzene rings is 3. The number of carbonyl (C=O) groups is 1. The van der Waals surface area contributed by atoms with Gasteiger partial charge in [0.2, 0.25) is 5.91 Å². The molecule has 4 rings (SSSR count). The van der Waals surface area contributed by atoms with Crippen LogP contribution in [0.1, 0.15) is 11.1 Å². The molecule has 0 radical (unpaired) electrons. The molecule has 0 saturated carbocycles. The molecule has 6 nitrogen and oxygen atoms in total. The van der Waals surface area contributed by atoms with Crippen molar-refractivity contribution < 1.29 is 17.9 Å². The molecule has 0 aliphatic heterocycles. The summed E-state index contributed by atoms with van der Waals surface area (Å²) in [5, 5.41) is 3.91. The summed E-state index contributed by atoms with van der Waals surface area (Å²) < 4.78 is 33.5. The van der Waals surface area contributed by atoms with Crippen LogP contribution < -0.4 is 10.1 Å². The normalized spacial score (nSPS) is 11.5. The summed E-state index contributed by atoms with van der Waals surface area (Å²) in [5.74, 6) is 0.0726. The standard InChI is InChI=1S/C25H23ClN2O4S/c1-17-10-11-23(32-2)21(12-17)27-25(29)15-28-14-24(20-8-3-4-9-22(20)28)33(30,31)16-18-6-5-7-19(26)13-18/h3-14H,15-16H2,1-2H3,(H,27,29). The summed E-state index contributed by atoms with van der Waals surface area (Å²) in [6.45, 7) is 1.87. The molecule has 170 valence electrons. The summed E-state index contributed by atoms with van der Waals surface area (Å²) in [6.07, 6.45) is 1.53. The number of sulfone groups is 1. The van der Waals surface area contributed by atoms with Gasteiger partial charge in [0.05, 0.1) is 23.4 Å². The van der Waals surface area contributed by atoms with E-state index in [1.807, 2.05) is 25.1 Å². The van der Waals surface area contributed by atoms with Gasteiger partial charge in [0.15, 0.2) is 9.84 Å². The van der Waals surface area contributed by atoms with Crippen molar-refractivity contribution in [3.63, 3.8) is 0 Å². The van der Waals surface area contributed by atoms with Crippen molar-refractivity contribution in [2.45, 2.75) is 24.1 Å². The number of para-hydroxylation sites is 1. The molecule has 4 aromatic rings. The van der Waals surface area contributed by atoms with Crippen LogP contribution in [0, 0.1) is 6.92 Å². The average Bonchev–Trinajstić information content (AvgIpc) is 3.13. The molecule has 3 aromatic carbocycles. The quantitative estimate of drug-likeness (QED) is 0.391. The molecular weight excluding hydrogens is 460 g/mol. The van der Waals surface area contributed by atoms with Crippen LogP contribution in [-0.2, 0) is 26.9 Å². The third-order valence-electron chi connectivity index (χ3n) is 5.28. The van der Waals surface area contributed by atoms with Gasteiger partial charge in [-0.3, -0.25) is 4.79 Å². The molecule has 0 fully saturated rings. The van der Waals surface area contributed by atoms with E-state index in [1.54, 1.807) is 53.1 Å². The maximum atomic E-state index is 13.3. The van der Waals surface area contributed by atoms with Crippen molar-refractivity contribution in [3.05, 3.63) is 89.1 Å². The third-order valence-corrected chi connectivity index (χ3v) is 7.22. The fourth-order valence-electron chi connectivity index (χ4n) is 3.78. The van der Waals surface area contributed by atoms with Crippen LogP contribution in [0.3, 0.4) is 0 Å². The lowest BCUT2D eigenvalue weighted by Gasteiger charge is -2.12. The molecule has 0 bridgehead atoms. The van der Waals surface area contributed by atoms with E-state index in [2.05, 4.69) is 5.32 Å². The van der Waals surface area contributed by atoms with E-state index in [4.69, 9.17) is 16.3 Å². The zero-order valence-corrected chi connectivity index (χ0v) is 19.8. The van der Waals surface area contributed by atoms with Gasteiger partial charge >= 0.3 is 0 Å². The van der Waals surface area contributed by atoms with Gasteiger partial charge in [0.25, 0.3) is 0 Å². The highest BCUT2D eigenvalue weighted by atomic mass is 35.5. The van der Waals surface area contributed by atoms with Crippen LogP contribution in [0.4, 0.5) is 5.69 Å². The molecule has 33 heavy (non-hydrogen) atoms. The smallest absolute Gasteiger partial charge is 0.244 e. The monoisotopic (exact) mass is 482 g/mol. The molecule has 1 N–H and O–H groups in total. The van der Waals surface area contributed by atoms with Gasteiger partial charge in [-0.05, 0) is 48.4 Å². The number of hydrogen-bond acceptors (Lipinski definition) is 4. The number of amides is 1. The lowest BCUT2D eigenvalue weighted by Crippen LogP contribution is -2.18. The van der Waals surface area contributed by atoms with Crippen molar-refractivity contribution in [2.24, 2.45) is 0 Å². The van der Waals surface area contributed by atoms with E-state index in [9.17, 15) is 13.2 Å². The highest BCUT2D eigenvalue weighted by molar-refractivity contribution is 7.90. The van der Waals surface area contributed by atoms with Crippen LogP contribution in [0.25, 0.3) is 10.9 Å². The highest BCUT2D eigenvalue weighted by Crippen LogP contribution is 2.29. The first-order valence-corrected chi connectivity index (χ1v) is 12.3. The van der Waals surface area contributed by atoms with E-state index in [1.165, 1.54) is 13.3 Å². The minimum absolute atomic E-state index is 0.0513. The number of carbonyl (C=O) groups excluding carboxylic acids is 1. The average molecular weight is 483 g/mol. The molecular formula is C25H23ClN2O4S. The maximum Gasteiger partial charge on any atom is 0.244 e. The number of anilines is 1. The zero-order chi connectivity index (χ0) is 23.6. The molecule has 0 spiro atoms. The Kier molecular flexibility index (Phi) is 6.44. The number of ether oxygens (including phenoxy) is 1. The number of nitrogens with one attached hydrogen (secondary N) is 1. The maximum absolute atomic E-state index is 13.3. The number of fused-ring (bicyclic) bond motifs is 1. The zero-order valence-electron chi connectivity index (χ0n) is 18.2. The predicted molar refractivity (Wildman–Crippen MR) is 131 cm³/mol. The fourth-order valence-corrected chi connectivity index (χ4v) is 5.56. The van der Waals surface area contributed by atoms with E-state index in [0.29, 0.717) is 32.9 Å². The van der Waals surface area contributed by atoms with Crippen LogP contribution in [0.5, 0.6) is 5.75 Å². The van der Waals surface area contributed by atoms with E-state index in [-0.39, 0.29) is 23.1 Å². The molecule has 0 atom stereocenters. The lowest BCUT2D eigenvalue weighted by molar-refractivity contribution is -0.116. The van der Waals surface area contributed by atoms with Gasteiger partial charge in [0, 0.05) is 22.1 Å². The van der Waals surface area contributed by atoms with E-state index < -0.39 is 9.84 Å². The van der Waals surface area contributed by atoms with Crippen LogP contribution >= 0.6 is 11.6 Å². The first-order valence-electron chi connectivity index (χ1n) is 10.3. The van der Waals surface area contributed by atoms with Gasteiger partial charge in [-0.25, -0.2) is 8.42 Å². The molecule has 1 heterocycles. The molecule has 1 aromatic heterocycles. The van der Waals surface area contributed by atoms with Crippen molar-refractivity contribution in [3.8, 4) is 5.75 Å². The van der Waals surface area contributed by atoms with Gasteiger partial charge in [-0.2, -0.15) is 0 Å². The number of nitrogens with zero attached hydrogens (tertiary/aromatic N) is 1. The fraction of sp³-hybridized carbons (Fsp3) is 0.160. The van der Waals surface area contributed by atoms with Crippen LogP contribution in [-0.4, -0.2) is 26.0 Å². The Morgan fingerprint density at radius 1 is 1.06 bits per heavy atom. The van der Waals surface area contributed by atoms with Crippen molar-refractivity contribution in [2.75, 3.05) is 12.4 Å². The summed E-state index contributed by atoms with van der Waals surface area (Å²) in [5.41, 5.74) is 2.80. The lowest BCUT2D eigenvalue weighted by atomic mass is 10.2. The minimum Gasteiger partial charge on any atom is -0.495 e. The molecule has 0 aliphatic carbocycles. The third kappa shape index (κ3) is 5.05. The van der Waals surface area contributed by atoms with Gasteiger partial charge in [0.1, 0.15) is 12.3 Å². The Hall–Kier alpha value is -3.29. The first kappa shape index (κ1) is 22.9. The topological polar surface area (TPSA) is 77.4 Å². The Balaban J connectivity index is 1.65. The van der Waals surface area contributed by atoms with Crippen molar-refractivity contribution in [1.29, 1.82) is 0 Å². The Bertz CT molecular complexity index is 1440. The van der Waals surface area contributed by atoms with Gasteiger partial charge in [-0.1, -0.05) is 48.0 Å². The molecule has 1 amide bonds. The minimum atomic E-state index is -3.68. The first-order chi connectivity index (χ1) is 15.8. The summed E-state index contributed by atoms with van der Waals surface area (Å²) >= 11 is 6.02. The van der Waals surface area contributed by atoms with Crippen LogP contribution in [0.2, 0.25) is 5.02 Å². The number of methoxy groups -OCH3 is 1. The molecule has 0 saturated heterocycles. The number of rotatable bonds is 7. The Morgan fingerprint density at radius 2 is 1.85 bits per heavy atom. The summed E-state index contributed by atoms with van der Waals surface area (Å²) in [6, 6.07) is 19.4. The van der Waals surface area contributed by atoms with Gasteiger partial charge < -0.3 is 14.6 Å². The SMILES string of the molecule is COc1ccc(C)cc1NC(=O)Cn1cc(S(=O)(=O)Cc2cccc(Cl)c2)c2ccccc21. The summed E-state index contributed by atoms with van der Waals surface area (Å²) in [4.78, 5) is 13.0. The van der Waals surface area contributed by atoms with Crippen molar-refractivity contribution >= 4 is 43.9 Å². The Labute approximate surface area is 197 Å². The number of aryl methyl sites for hydroxylation is 1. The van der Waals surface area contributed by atoms with E-state index >= 15 is 0 Å². The second-order valence-electron chi connectivity index (χ2n) is 7.78.